The summed E-state index contributed by atoms with van der Waals surface area (Å²) < 4.78 is 0. The molecule has 6 nitrogen and oxygen atoms in total. The zero-order valence-electron chi connectivity index (χ0n) is 8.78. The number of H-pyrrole nitrogens is 1. The first kappa shape index (κ1) is 9.59. The highest BCUT2D eigenvalue weighted by Crippen LogP contribution is 2.16. The molecule has 3 rings (SSSR count). The fourth-order valence-corrected chi connectivity index (χ4v) is 1.43. The Morgan fingerprint density at radius 1 is 0.941 bits per heavy atom. The van der Waals surface area contributed by atoms with Crippen LogP contribution in [0.15, 0.2) is 43.1 Å². The van der Waals surface area contributed by atoms with Crippen LogP contribution in [0.2, 0.25) is 0 Å². The fraction of sp³-hybridized carbons (Fsp3) is 0. The molecule has 0 radical (unpaired) electrons. The number of nitrogens with one attached hydrogen (secondary N) is 1. The SMILES string of the molecule is c1cc(-c2n[nH]c(-c3cnccn3)n2)ccn1. The number of rotatable bonds is 2. The summed E-state index contributed by atoms with van der Waals surface area (Å²) in [6.07, 6.45) is 8.27. The van der Waals surface area contributed by atoms with E-state index < -0.39 is 0 Å². The molecule has 3 heterocycles. The van der Waals surface area contributed by atoms with Gasteiger partial charge in [0.1, 0.15) is 5.69 Å². The molecule has 17 heavy (non-hydrogen) atoms. The first-order valence-corrected chi connectivity index (χ1v) is 5.03. The highest BCUT2D eigenvalue weighted by atomic mass is 15.2. The molecule has 0 aliphatic heterocycles. The maximum absolute atomic E-state index is 4.35. The predicted molar refractivity (Wildman–Crippen MR) is 60.6 cm³/mol. The monoisotopic (exact) mass is 224 g/mol. The normalized spacial score (nSPS) is 10.4. The summed E-state index contributed by atoms with van der Waals surface area (Å²) in [7, 11) is 0. The van der Waals surface area contributed by atoms with Crippen LogP contribution >= 0.6 is 0 Å². The summed E-state index contributed by atoms with van der Waals surface area (Å²) in [5.74, 6) is 1.22. The van der Waals surface area contributed by atoms with Crippen molar-refractivity contribution in [2.24, 2.45) is 0 Å². The van der Waals surface area contributed by atoms with Gasteiger partial charge in [-0.1, -0.05) is 0 Å². The largest absolute Gasteiger partial charge is 0.265 e. The molecule has 0 aromatic carbocycles. The number of nitrogens with zero attached hydrogens (tertiary/aromatic N) is 5. The van der Waals surface area contributed by atoms with E-state index in [1.807, 2.05) is 12.1 Å². The smallest absolute Gasteiger partial charge is 0.181 e. The maximum atomic E-state index is 4.35. The lowest BCUT2D eigenvalue weighted by molar-refractivity contribution is 1.08. The number of aromatic amines is 1. The number of hydrogen-bond acceptors (Lipinski definition) is 5. The number of pyridine rings is 1. The second-order valence-corrected chi connectivity index (χ2v) is 3.33. The van der Waals surface area contributed by atoms with Gasteiger partial charge in [-0.2, -0.15) is 5.10 Å². The molecule has 0 amide bonds. The van der Waals surface area contributed by atoms with Crippen LogP contribution in [0.5, 0.6) is 0 Å². The number of hydrogen-bond donors (Lipinski definition) is 1. The first-order valence-electron chi connectivity index (χ1n) is 5.03. The maximum Gasteiger partial charge on any atom is 0.181 e. The first-order chi connectivity index (χ1) is 8.43. The van der Waals surface area contributed by atoms with Crippen molar-refractivity contribution in [3.63, 3.8) is 0 Å². The quantitative estimate of drug-likeness (QED) is 0.710. The van der Waals surface area contributed by atoms with E-state index in [0.29, 0.717) is 17.3 Å². The van der Waals surface area contributed by atoms with Crippen LogP contribution in [-0.2, 0) is 0 Å². The summed E-state index contributed by atoms with van der Waals surface area (Å²) in [5.41, 5.74) is 1.58. The Balaban J connectivity index is 1.99. The minimum Gasteiger partial charge on any atom is -0.265 e. The Labute approximate surface area is 96.8 Å². The van der Waals surface area contributed by atoms with Crippen LogP contribution in [0.4, 0.5) is 0 Å². The van der Waals surface area contributed by atoms with E-state index in [9.17, 15) is 0 Å². The minimum absolute atomic E-state index is 0.602. The predicted octanol–water partition coefficient (Wildman–Crippen LogP) is 1.32. The van der Waals surface area contributed by atoms with Gasteiger partial charge in [0.25, 0.3) is 0 Å². The average Bonchev–Trinajstić information content (AvgIpc) is 2.90. The number of aromatic nitrogens is 6. The van der Waals surface area contributed by atoms with E-state index in [0.717, 1.165) is 5.56 Å². The van der Waals surface area contributed by atoms with Crippen molar-refractivity contribution in [3.05, 3.63) is 43.1 Å². The van der Waals surface area contributed by atoms with Gasteiger partial charge in [-0.3, -0.25) is 15.1 Å². The summed E-state index contributed by atoms with van der Waals surface area (Å²) in [6, 6.07) is 3.70. The molecule has 0 aliphatic carbocycles. The van der Waals surface area contributed by atoms with Crippen LogP contribution in [0.25, 0.3) is 22.9 Å². The van der Waals surface area contributed by atoms with Crippen LogP contribution in [0, 0.1) is 0 Å². The summed E-state index contributed by atoms with van der Waals surface area (Å²) in [6.45, 7) is 0. The molecule has 0 bridgehead atoms. The molecule has 0 fully saturated rings. The molecular formula is C11H8N6. The van der Waals surface area contributed by atoms with Crippen molar-refractivity contribution in [1.82, 2.24) is 30.1 Å². The average molecular weight is 224 g/mol. The van der Waals surface area contributed by atoms with Gasteiger partial charge in [-0.15, -0.1) is 0 Å². The minimum atomic E-state index is 0.602. The zero-order valence-corrected chi connectivity index (χ0v) is 8.78. The molecule has 0 saturated heterocycles. The lowest BCUT2D eigenvalue weighted by Gasteiger charge is -1.92. The van der Waals surface area contributed by atoms with Crippen LogP contribution < -0.4 is 0 Å². The van der Waals surface area contributed by atoms with Crippen molar-refractivity contribution in [2.75, 3.05) is 0 Å². The van der Waals surface area contributed by atoms with Gasteiger partial charge in [0.2, 0.25) is 0 Å². The van der Waals surface area contributed by atoms with Gasteiger partial charge >= 0.3 is 0 Å². The Morgan fingerprint density at radius 3 is 2.59 bits per heavy atom. The van der Waals surface area contributed by atoms with E-state index in [-0.39, 0.29) is 0 Å². The van der Waals surface area contributed by atoms with Gasteiger partial charge in [-0.05, 0) is 12.1 Å². The molecule has 0 aliphatic rings. The summed E-state index contributed by atoms with van der Waals surface area (Å²) in [4.78, 5) is 16.4. The fourth-order valence-electron chi connectivity index (χ4n) is 1.43. The zero-order chi connectivity index (χ0) is 11.5. The van der Waals surface area contributed by atoms with Crippen molar-refractivity contribution >= 4 is 0 Å². The Kier molecular flexibility index (Phi) is 2.31. The standard InChI is InChI=1S/C11H8N6/c1-3-12-4-2-8(1)10-15-11(17-16-10)9-7-13-5-6-14-9/h1-7H,(H,15,16,17). The molecule has 82 valence electrons. The molecule has 1 N–H and O–H groups in total. The van der Waals surface area contributed by atoms with Crippen molar-refractivity contribution in [2.45, 2.75) is 0 Å². The van der Waals surface area contributed by atoms with Gasteiger partial charge in [0, 0.05) is 30.4 Å². The molecule has 0 unspecified atom stereocenters. The second kappa shape index (κ2) is 4.09. The highest BCUT2D eigenvalue weighted by Gasteiger charge is 2.07. The van der Waals surface area contributed by atoms with E-state index in [1.165, 1.54) is 0 Å². The highest BCUT2D eigenvalue weighted by molar-refractivity contribution is 5.57. The molecule has 0 spiro atoms. The van der Waals surface area contributed by atoms with Crippen molar-refractivity contribution in [1.29, 1.82) is 0 Å². The second-order valence-electron chi connectivity index (χ2n) is 3.33. The Hall–Kier alpha value is -2.63. The lowest BCUT2D eigenvalue weighted by Crippen LogP contribution is -1.86. The topological polar surface area (TPSA) is 80.2 Å². The van der Waals surface area contributed by atoms with E-state index in [4.69, 9.17) is 0 Å². The van der Waals surface area contributed by atoms with Gasteiger partial charge in [0.05, 0.1) is 6.20 Å². The lowest BCUT2D eigenvalue weighted by atomic mass is 10.2. The van der Waals surface area contributed by atoms with E-state index in [1.54, 1.807) is 31.0 Å². The molecule has 3 aromatic heterocycles. The van der Waals surface area contributed by atoms with Crippen molar-refractivity contribution in [3.8, 4) is 22.9 Å². The van der Waals surface area contributed by atoms with Gasteiger partial charge in [0.15, 0.2) is 11.6 Å². The molecule has 6 heteroatoms. The van der Waals surface area contributed by atoms with Gasteiger partial charge in [-0.25, -0.2) is 9.97 Å². The van der Waals surface area contributed by atoms with Crippen molar-refractivity contribution < 1.29 is 0 Å². The Bertz CT molecular complexity index is 550. The van der Waals surface area contributed by atoms with Crippen LogP contribution in [0.1, 0.15) is 0 Å². The van der Waals surface area contributed by atoms with E-state index >= 15 is 0 Å². The Morgan fingerprint density at radius 2 is 1.82 bits per heavy atom. The van der Waals surface area contributed by atoms with Gasteiger partial charge < -0.3 is 0 Å². The summed E-state index contributed by atoms with van der Waals surface area (Å²) in [5, 5.41) is 6.97. The third kappa shape index (κ3) is 1.87. The third-order valence-corrected chi connectivity index (χ3v) is 2.23. The molecule has 0 atom stereocenters. The molecule has 0 saturated carbocycles. The van der Waals surface area contributed by atoms with Crippen LogP contribution in [-0.4, -0.2) is 30.1 Å². The van der Waals surface area contributed by atoms with E-state index in [2.05, 4.69) is 30.1 Å². The summed E-state index contributed by atoms with van der Waals surface area (Å²) >= 11 is 0. The third-order valence-electron chi connectivity index (χ3n) is 2.23. The van der Waals surface area contributed by atoms with Crippen LogP contribution in [0.3, 0.4) is 0 Å². The molecular weight excluding hydrogens is 216 g/mol. The molecule has 3 aromatic rings.